The molecule has 1 saturated carbocycles. The second kappa shape index (κ2) is 11.4. The van der Waals surface area contributed by atoms with Gasteiger partial charge >= 0.3 is 0 Å². The summed E-state index contributed by atoms with van der Waals surface area (Å²) in [5, 5.41) is 12.9. The molecule has 2 aromatic heterocycles. The Morgan fingerprint density at radius 2 is 1.84 bits per heavy atom. The quantitative estimate of drug-likeness (QED) is 0.233. The van der Waals surface area contributed by atoms with Gasteiger partial charge in [-0.25, -0.2) is 9.37 Å². The molecule has 4 atom stereocenters. The van der Waals surface area contributed by atoms with Gasteiger partial charge in [0.15, 0.2) is 5.67 Å². The number of pyridine rings is 1. The van der Waals surface area contributed by atoms with E-state index in [1.165, 1.54) is 0 Å². The van der Waals surface area contributed by atoms with E-state index in [0.717, 1.165) is 64.6 Å². The number of nitrogens with one attached hydrogen (secondary N) is 3. The molecule has 45 heavy (non-hydrogen) atoms. The van der Waals surface area contributed by atoms with Gasteiger partial charge in [-0.15, -0.1) is 0 Å². The Labute approximate surface area is 261 Å². The first-order valence-corrected chi connectivity index (χ1v) is 15.6. The minimum atomic E-state index is -1.91. The smallest absolute Gasteiger partial charge is 0.258 e. The summed E-state index contributed by atoms with van der Waals surface area (Å²) >= 11 is 0. The van der Waals surface area contributed by atoms with Crippen LogP contribution in [-0.2, 0) is 14.3 Å². The van der Waals surface area contributed by atoms with Crippen molar-refractivity contribution in [2.24, 2.45) is 0 Å². The van der Waals surface area contributed by atoms with E-state index in [0.29, 0.717) is 11.7 Å². The Hall–Kier alpha value is -4.57. The zero-order valence-corrected chi connectivity index (χ0v) is 25.6. The molecular formula is C35H37FN6O3. The number of fused-ring (bicyclic) bond motifs is 2. The molecule has 2 aliphatic heterocycles. The molecule has 0 radical (unpaired) electrons. The van der Waals surface area contributed by atoms with Gasteiger partial charge in [-0.2, -0.15) is 5.10 Å². The molecule has 232 valence electrons. The number of aryl methyl sites for hydroxylation is 2. The average molecular weight is 609 g/mol. The number of benzene rings is 2. The van der Waals surface area contributed by atoms with Crippen LogP contribution in [0.15, 0.2) is 66.9 Å². The number of aromatic amines is 1. The highest BCUT2D eigenvalue weighted by molar-refractivity contribution is 5.99. The lowest BCUT2D eigenvalue weighted by atomic mass is 9.90. The molecule has 9 nitrogen and oxygen atoms in total. The predicted molar refractivity (Wildman–Crippen MR) is 171 cm³/mol. The molecule has 2 aromatic carbocycles. The van der Waals surface area contributed by atoms with Crippen molar-refractivity contribution in [2.45, 2.75) is 69.8 Å². The standard InChI is InChI=1S/C35H37FN6O3/c1-20(24-5-4-6-25(15-24)26-11-14-37-30(16-26)42-18-29-17-28(42)19-45-29)32(39-34(44)35(36)12-13-35)33(43)38-27-9-7-23(8-10-27)31-21(2)40-41-22(31)3/h4-11,14-16,20,28-29,32H,12-13,17-19H2,1-3H3,(H,38,43)(H,39,44)(H,40,41)/t20-,28+,29+,32+/m1/s1. The number of nitrogens with zero attached hydrogens (tertiary/aromatic N) is 3. The number of alkyl halides is 1. The number of anilines is 2. The summed E-state index contributed by atoms with van der Waals surface area (Å²) in [6.07, 6.45) is 3.45. The topological polar surface area (TPSA) is 112 Å². The van der Waals surface area contributed by atoms with Gasteiger partial charge in [0, 0.05) is 35.6 Å². The van der Waals surface area contributed by atoms with E-state index < -0.39 is 29.4 Å². The highest BCUT2D eigenvalue weighted by Crippen LogP contribution is 2.40. The zero-order chi connectivity index (χ0) is 31.3. The molecule has 3 N–H and O–H groups in total. The number of morpholine rings is 1. The van der Waals surface area contributed by atoms with Crippen molar-refractivity contribution in [3.8, 4) is 22.3 Å². The first-order chi connectivity index (χ1) is 21.7. The molecule has 2 bridgehead atoms. The lowest BCUT2D eigenvalue weighted by Crippen LogP contribution is -2.50. The van der Waals surface area contributed by atoms with Crippen LogP contribution in [0.2, 0.25) is 0 Å². The van der Waals surface area contributed by atoms with Crippen molar-refractivity contribution >= 4 is 23.3 Å². The van der Waals surface area contributed by atoms with Gasteiger partial charge in [-0.05, 0) is 79.6 Å². The van der Waals surface area contributed by atoms with Crippen LogP contribution in [0.5, 0.6) is 0 Å². The maximum absolute atomic E-state index is 14.8. The monoisotopic (exact) mass is 608 g/mol. The van der Waals surface area contributed by atoms with Crippen LogP contribution in [0.4, 0.5) is 15.9 Å². The summed E-state index contributed by atoms with van der Waals surface area (Å²) in [6.45, 7) is 7.36. The number of aromatic nitrogens is 3. The van der Waals surface area contributed by atoms with Crippen molar-refractivity contribution in [3.05, 3.63) is 83.8 Å². The normalized spacial score (nSPS) is 20.9. The van der Waals surface area contributed by atoms with Gasteiger partial charge < -0.3 is 20.3 Å². The van der Waals surface area contributed by atoms with Crippen LogP contribution in [0.3, 0.4) is 0 Å². The fourth-order valence-corrected chi connectivity index (χ4v) is 6.57. The number of rotatable bonds is 9. The first-order valence-electron chi connectivity index (χ1n) is 15.6. The zero-order valence-electron chi connectivity index (χ0n) is 25.6. The second-order valence-corrected chi connectivity index (χ2v) is 12.6. The number of hydrogen-bond acceptors (Lipinski definition) is 6. The Balaban J connectivity index is 1.12. The molecular weight excluding hydrogens is 571 g/mol. The first kappa shape index (κ1) is 29.2. The van der Waals surface area contributed by atoms with Gasteiger partial charge in [0.05, 0.1) is 24.4 Å². The minimum Gasteiger partial charge on any atom is -0.374 e. The summed E-state index contributed by atoms with van der Waals surface area (Å²) < 4.78 is 20.6. The van der Waals surface area contributed by atoms with Crippen molar-refractivity contribution in [2.75, 3.05) is 23.4 Å². The van der Waals surface area contributed by atoms with Gasteiger partial charge in [0.1, 0.15) is 11.9 Å². The largest absolute Gasteiger partial charge is 0.374 e. The predicted octanol–water partition coefficient (Wildman–Crippen LogP) is 5.46. The molecule has 3 aliphatic rings. The third kappa shape index (κ3) is 5.70. The molecule has 2 saturated heterocycles. The number of carbonyl (C=O) groups excluding carboxylic acids is 2. The molecule has 1 aliphatic carbocycles. The summed E-state index contributed by atoms with van der Waals surface area (Å²) in [7, 11) is 0. The summed E-state index contributed by atoms with van der Waals surface area (Å²) in [6, 6.07) is 18.8. The molecule has 7 rings (SSSR count). The molecule has 2 amide bonds. The summed E-state index contributed by atoms with van der Waals surface area (Å²) in [5.41, 5.74) is 5.35. The van der Waals surface area contributed by atoms with Crippen LogP contribution in [0.1, 0.15) is 49.1 Å². The summed E-state index contributed by atoms with van der Waals surface area (Å²) in [4.78, 5) is 33.6. The Bertz CT molecular complexity index is 1730. The van der Waals surface area contributed by atoms with Crippen molar-refractivity contribution < 1.29 is 18.7 Å². The molecule has 3 fully saturated rings. The van der Waals surface area contributed by atoms with Gasteiger partial charge in [-0.1, -0.05) is 43.3 Å². The maximum Gasteiger partial charge on any atom is 0.258 e. The Morgan fingerprint density at radius 3 is 2.51 bits per heavy atom. The molecule has 4 aromatic rings. The van der Waals surface area contributed by atoms with Crippen LogP contribution in [0.25, 0.3) is 22.3 Å². The van der Waals surface area contributed by atoms with Crippen LogP contribution >= 0.6 is 0 Å². The van der Waals surface area contributed by atoms with E-state index in [1.54, 1.807) is 0 Å². The lowest BCUT2D eigenvalue weighted by molar-refractivity contribution is -0.131. The van der Waals surface area contributed by atoms with Gasteiger partial charge in [-0.3, -0.25) is 14.7 Å². The van der Waals surface area contributed by atoms with Crippen LogP contribution < -0.4 is 15.5 Å². The molecule has 10 heteroatoms. The van der Waals surface area contributed by atoms with Gasteiger partial charge in [0.25, 0.3) is 5.91 Å². The van der Waals surface area contributed by atoms with Crippen LogP contribution in [-0.4, -0.2) is 64.0 Å². The third-order valence-corrected chi connectivity index (χ3v) is 9.42. The minimum absolute atomic E-state index is 0.167. The number of carbonyl (C=O) groups is 2. The average Bonchev–Trinajstić information content (AvgIpc) is 3.33. The van der Waals surface area contributed by atoms with E-state index in [1.807, 2.05) is 81.6 Å². The van der Waals surface area contributed by atoms with E-state index in [4.69, 9.17) is 4.74 Å². The van der Waals surface area contributed by atoms with Crippen molar-refractivity contribution in [1.29, 1.82) is 0 Å². The van der Waals surface area contributed by atoms with E-state index in [-0.39, 0.29) is 18.9 Å². The SMILES string of the molecule is Cc1n[nH]c(C)c1-c1ccc(NC(=O)[C@@H](NC(=O)C2(F)CC2)[C@H](C)c2cccc(-c3ccnc(N4C[C@@H]5C[C@H]4CO5)c3)c2)cc1. The Morgan fingerprint density at radius 1 is 1.07 bits per heavy atom. The highest BCUT2D eigenvalue weighted by atomic mass is 19.1. The number of ether oxygens (including phenoxy) is 1. The molecule has 4 heterocycles. The second-order valence-electron chi connectivity index (χ2n) is 12.6. The third-order valence-electron chi connectivity index (χ3n) is 9.42. The van der Waals surface area contributed by atoms with Crippen LogP contribution in [0, 0.1) is 13.8 Å². The number of hydrogen-bond donors (Lipinski definition) is 3. The molecule has 0 unspecified atom stereocenters. The lowest BCUT2D eigenvalue weighted by Gasteiger charge is -2.28. The van der Waals surface area contributed by atoms with Crippen molar-refractivity contribution in [1.82, 2.24) is 20.5 Å². The Kier molecular flexibility index (Phi) is 7.40. The highest BCUT2D eigenvalue weighted by Gasteiger charge is 2.52. The van der Waals surface area contributed by atoms with Gasteiger partial charge in [0.2, 0.25) is 5.91 Å². The fraction of sp³-hybridized carbons (Fsp3) is 0.371. The summed E-state index contributed by atoms with van der Waals surface area (Å²) in [5.74, 6) is -0.673. The fourth-order valence-electron chi connectivity index (χ4n) is 6.57. The number of amides is 2. The molecule has 0 spiro atoms. The number of halogens is 1. The maximum atomic E-state index is 14.8. The van der Waals surface area contributed by atoms with E-state index >= 15 is 0 Å². The number of H-pyrrole nitrogens is 1. The van der Waals surface area contributed by atoms with E-state index in [9.17, 15) is 14.0 Å². The van der Waals surface area contributed by atoms with E-state index in [2.05, 4.69) is 36.8 Å². The van der Waals surface area contributed by atoms with Crippen molar-refractivity contribution in [3.63, 3.8) is 0 Å².